The van der Waals surface area contributed by atoms with Crippen LogP contribution in [0.2, 0.25) is 0 Å². The van der Waals surface area contributed by atoms with E-state index in [0.717, 1.165) is 0 Å². The number of halogens is 1. The van der Waals surface area contributed by atoms with Gasteiger partial charge in [0.2, 0.25) is 0 Å². The summed E-state index contributed by atoms with van der Waals surface area (Å²) in [6.45, 7) is 6.76. The fourth-order valence-electron chi connectivity index (χ4n) is 0.128. The second kappa shape index (κ2) is 2.99. The molecule has 0 aliphatic carbocycles. The zero-order valence-corrected chi connectivity index (χ0v) is 5.48. The molecule has 0 heterocycles. The van der Waals surface area contributed by atoms with Crippen molar-refractivity contribution in [2.45, 2.75) is 6.10 Å². The number of aliphatic hydroxyl groups is 1. The molecule has 1 nitrogen and oxygen atoms in total. The number of aliphatic hydroxyl groups excluding tert-OH is 1. The van der Waals surface area contributed by atoms with Gasteiger partial charge in [-0.15, -0.1) is 6.58 Å². The summed E-state index contributed by atoms with van der Waals surface area (Å²) >= 11 is 2.98. The predicted molar refractivity (Wildman–Crippen MR) is 34.3 cm³/mol. The first-order valence-electron chi connectivity index (χ1n) is 1.83. The molecule has 0 aromatic rings. The lowest BCUT2D eigenvalue weighted by Gasteiger charge is -1.97. The van der Waals surface area contributed by atoms with Crippen LogP contribution in [0, 0.1) is 0 Å². The van der Waals surface area contributed by atoms with E-state index in [1.807, 2.05) is 0 Å². The molecule has 7 heavy (non-hydrogen) atoms. The fourth-order valence-corrected chi connectivity index (χ4v) is 0.315. The van der Waals surface area contributed by atoms with Crippen LogP contribution in [0.3, 0.4) is 0 Å². The Bertz CT molecular complexity index is 88.1. The van der Waals surface area contributed by atoms with Crippen molar-refractivity contribution in [2.75, 3.05) is 0 Å². The SMILES string of the molecule is C=CC(O)C(=C)Br. The van der Waals surface area contributed by atoms with Gasteiger partial charge < -0.3 is 5.11 Å². The third-order valence-electron chi connectivity index (χ3n) is 0.544. The summed E-state index contributed by atoms with van der Waals surface area (Å²) in [5.41, 5.74) is 0. The van der Waals surface area contributed by atoms with Gasteiger partial charge in [0, 0.05) is 4.48 Å². The number of hydrogen-bond donors (Lipinski definition) is 1. The minimum absolute atomic E-state index is 0.544. The minimum Gasteiger partial charge on any atom is -0.384 e. The number of rotatable bonds is 2. The van der Waals surface area contributed by atoms with E-state index in [9.17, 15) is 0 Å². The van der Waals surface area contributed by atoms with Gasteiger partial charge in [-0.1, -0.05) is 28.6 Å². The predicted octanol–water partition coefficient (Wildman–Crippen LogP) is 1.44. The Kier molecular flexibility index (Phi) is 2.96. The monoisotopic (exact) mass is 162 g/mol. The summed E-state index contributed by atoms with van der Waals surface area (Å²) in [6.07, 6.45) is 0.789. The van der Waals surface area contributed by atoms with E-state index >= 15 is 0 Å². The third-order valence-corrected chi connectivity index (χ3v) is 1.01. The molecule has 0 aliphatic rings. The molecule has 0 amide bonds. The molecule has 0 spiro atoms. The van der Waals surface area contributed by atoms with Crippen LogP contribution in [0.25, 0.3) is 0 Å². The van der Waals surface area contributed by atoms with Crippen molar-refractivity contribution in [2.24, 2.45) is 0 Å². The molecule has 1 unspecified atom stereocenters. The lowest BCUT2D eigenvalue weighted by atomic mass is 10.4. The second-order valence-corrected chi connectivity index (χ2v) is 2.15. The summed E-state index contributed by atoms with van der Waals surface area (Å²) < 4.78 is 0.544. The molecule has 0 aliphatic heterocycles. The van der Waals surface area contributed by atoms with Crippen molar-refractivity contribution in [1.82, 2.24) is 0 Å². The van der Waals surface area contributed by atoms with Crippen molar-refractivity contribution < 1.29 is 5.11 Å². The Balaban J connectivity index is 3.55. The zero-order valence-electron chi connectivity index (χ0n) is 3.89. The summed E-state index contributed by atoms with van der Waals surface area (Å²) in [5, 5.41) is 8.67. The first kappa shape index (κ1) is 6.92. The lowest BCUT2D eigenvalue weighted by molar-refractivity contribution is 0.269. The van der Waals surface area contributed by atoms with Gasteiger partial charge in [0.05, 0.1) is 0 Å². The van der Waals surface area contributed by atoms with E-state index < -0.39 is 6.10 Å². The van der Waals surface area contributed by atoms with E-state index in [-0.39, 0.29) is 0 Å². The molecule has 1 N–H and O–H groups in total. The molecule has 2 heteroatoms. The normalized spacial score (nSPS) is 12.9. The van der Waals surface area contributed by atoms with Gasteiger partial charge in [0.15, 0.2) is 0 Å². The summed E-state index contributed by atoms with van der Waals surface area (Å²) in [4.78, 5) is 0. The quantitative estimate of drug-likeness (QED) is 0.610. The summed E-state index contributed by atoms with van der Waals surface area (Å²) in [6, 6.07) is 0. The topological polar surface area (TPSA) is 20.2 Å². The van der Waals surface area contributed by atoms with Crippen LogP contribution in [0.5, 0.6) is 0 Å². The highest BCUT2D eigenvalue weighted by atomic mass is 79.9. The van der Waals surface area contributed by atoms with E-state index in [2.05, 4.69) is 29.1 Å². The average molecular weight is 163 g/mol. The van der Waals surface area contributed by atoms with Gasteiger partial charge in [-0.25, -0.2) is 0 Å². The second-order valence-electron chi connectivity index (χ2n) is 1.13. The molecule has 0 radical (unpaired) electrons. The first-order chi connectivity index (χ1) is 3.18. The Hall–Kier alpha value is -0.0800. The first-order valence-corrected chi connectivity index (χ1v) is 2.62. The van der Waals surface area contributed by atoms with Crippen molar-refractivity contribution in [3.05, 3.63) is 23.7 Å². The van der Waals surface area contributed by atoms with Crippen molar-refractivity contribution >= 4 is 15.9 Å². The van der Waals surface area contributed by atoms with Crippen LogP contribution in [0.15, 0.2) is 23.7 Å². The summed E-state index contributed by atoms with van der Waals surface area (Å²) in [7, 11) is 0. The van der Waals surface area contributed by atoms with Gasteiger partial charge in [0.1, 0.15) is 6.10 Å². The van der Waals surface area contributed by atoms with Gasteiger partial charge in [-0.2, -0.15) is 0 Å². The standard InChI is InChI=1S/C5H7BrO/c1-3-5(7)4(2)6/h3,5,7H,1-2H2. The van der Waals surface area contributed by atoms with E-state index in [1.54, 1.807) is 0 Å². The summed E-state index contributed by atoms with van der Waals surface area (Å²) in [5.74, 6) is 0. The molecule has 0 aromatic carbocycles. The minimum atomic E-state index is -0.611. The van der Waals surface area contributed by atoms with E-state index in [4.69, 9.17) is 5.11 Å². The Morgan fingerprint density at radius 2 is 2.29 bits per heavy atom. The molecule has 0 rings (SSSR count). The van der Waals surface area contributed by atoms with Crippen LogP contribution < -0.4 is 0 Å². The maximum absolute atomic E-state index is 8.67. The highest BCUT2D eigenvalue weighted by Crippen LogP contribution is 2.06. The largest absolute Gasteiger partial charge is 0.384 e. The average Bonchev–Trinajstić information content (AvgIpc) is 1.65. The van der Waals surface area contributed by atoms with E-state index in [0.29, 0.717) is 4.48 Å². The zero-order chi connectivity index (χ0) is 5.86. The van der Waals surface area contributed by atoms with Crippen LogP contribution >= 0.6 is 15.9 Å². The van der Waals surface area contributed by atoms with Crippen molar-refractivity contribution in [3.63, 3.8) is 0 Å². The molecule has 0 aromatic heterocycles. The smallest absolute Gasteiger partial charge is 0.103 e. The Morgan fingerprint density at radius 3 is 2.29 bits per heavy atom. The van der Waals surface area contributed by atoms with E-state index in [1.165, 1.54) is 6.08 Å². The Morgan fingerprint density at radius 1 is 1.86 bits per heavy atom. The van der Waals surface area contributed by atoms with Crippen LogP contribution in [0.1, 0.15) is 0 Å². The van der Waals surface area contributed by atoms with Gasteiger partial charge in [-0.05, 0) is 0 Å². The molecular formula is C5H7BrO. The van der Waals surface area contributed by atoms with Crippen LogP contribution in [0.4, 0.5) is 0 Å². The molecule has 0 fully saturated rings. The molecule has 1 atom stereocenters. The van der Waals surface area contributed by atoms with Crippen LogP contribution in [-0.2, 0) is 0 Å². The Labute approximate surface area is 51.5 Å². The van der Waals surface area contributed by atoms with Crippen molar-refractivity contribution in [1.29, 1.82) is 0 Å². The maximum Gasteiger partial charge on any atom is 0.103 e. The highest BCUT2D eigenvalue weighted by molar-refractivity contribution is 9.11. The molecular weight excluding hydrogens is 156 g/mol. The molecule has 0 bridgehead atoms. The number of hydrogen-bond acceptors (Lipinski definition) is 1. The van der Waals surface area contributed by atoms with Gasteiger partial charge in [-0.3, -0.25) is 0 Å². The molecule has 0 saturated carbocycles. The lowest BCUT2D eigenvalue weighted by Crippen LogP contribution is -1.97. The van der Waals surface area contributed by atoms with Crippen LogP contribution in [-0.4, -0.2) is 11.2 Å². The molecule has 0 saturated heterocycles. The highest BCUT2D eigenvalue weighted by Gasteiger charge is 1.95. The van der Waals surface area contributed by atoms with Gasteiger partial charge >= 0.3 is 0 Å². The fraction of sp³-hybridized carbons (Fsp3) is 0.200. The third kappa shape index (κ3) is 2.60. The maximum atomic E-state index is 8.67. The van der Waals surface area contributed by atoms with Crippen molar-refractivity contribution in [3.8, 4) is 0 Å². The molecule has 40 valence electrons. The van der Waals surface area contributed by atoms with Gasteiger partial charge in [0.25, 0.3) is 0 Å².